The highest BCUT2D eigenvalue weighted by atomic mass is 32.1. The molecule has 0 spiro atoms. The van der Waals surface area contributed by atoms with Crippen molar-refractivity contribution in [2.24, 2.45) is 11.1 Å². The van der Waals surface area contributed by atoms with E-state index >= 15 is 0 Å². The van der Waals surface area contributed by atoms with Gasteiger partial charge in [-0.2, -0.15) is 0 Å². The van der Waals surface area contributed by atoms with Crippen LogP contribution in [0.5, 0.6) is 0 Å². The lowest BCUT2D eigenvalue weighted by Gasteiger charge is -2.30. The fourth-order valence-corrected chi connectivity index (χ4v) is 3.50. The molecule has 7 heteroatoms. The maximum Gasteiger partial charge on any atom is 0.265 e. The van der Waals surface area contributed by atoms with Crippen molar-refractivity contribution in [2.45, 2.75) is 38.6 Å². The third kappa shape index (κ3) is 3.29. The minimum atomic E-state index is -0.106. The number of hydrogen-bond donors (Lipinski definition) is 3. The molecular formula is C14H23N5OS. The number of carbonyl (C=O) groups is 1. The van der Waals surface area contributed by atoms with Crippen molar-refractivity contribution in [1.82, 2.24) is 10.3 Å². The van der Waals surface area contributed by atoms with Gasteiger partial charge < -0.3 is 21.7 Å². The molecule has 116 valence electrons. The second kappa shape index (κ2) is 5.46. The number of carbonyl (C=O) groups excluding carboxylic acids is 1. The van der Waals surface area contributed by atoms with Crippen LogP contribution in [-0.2, 0) is 0 Å². The molecule has 0 bridgehead atoms. The van der Waals surface area contributed by atoms with Gasteiger partial charge in [0.05, 0.1) is 0 Å². The summed E-state index contributed by atoms with van der Waals surface area (Å²) in [6.07, 6.45) is 4.47. The Morgan fingerprint density at radius 2 is 2.33 bits per heavy atom. The summed E-state index contributed by atoms with van der Waals surface area (Å²) in [5.74, 6) is 0.221. The van der Waals surface area contributed by atoms with Gasteiger partial charge in [0, 0.05) is 25.7 Å². The second-order valence-corrected chi connectivity index (χ2v) is 7.53. The SMILES string of the molecule is CC1(CNC(=O)c2sc(N3CCCC(N)C3)nc2N)CC1. The number of hydrogen-bond acceptors (Lipinski definition) is 6. The van der Waals surface area contributed by atoms with Crippen LogP contribution in [0.1, 0.15) is 42.3 Å². The summed E-state index contributed by atoms with van der Waals surface area (Å²) in [6, 6.07) is 0.177. The number of nitrogens with one attached hydrogen (secondary N) is 1. The van der Waals surface area contributed by atoms with Crippen LogP contribution in [0.3, 0.4) is 0 Å². The van der Waals surface area contributed by atoms with Crippen LogP contribution in [0.15, 0.2) is 0 Å². The summed E-state index contributed by atoms with van der Waals surface area (Å²) in [6.45, 7) is 4.61. The Bertz CT molecular complexity index is 539. The summed E-state index contributed by atoms with van der Waals surface area (Å²) in [5.41, 5.74) is 12.2. The van der Waals surface area contributed by atoms with Crippen molar-refractivity contribution in [3.63, 3.8) is 0 Å². The van der Waals surface area contributed by atoms with E-state index in [0.717, 1.165) is 31.1 Å². The van der Waals surface area contributed by atoms with Crippen molar-refractivity contribution in [1.29, 1.82) is 0 Å². The Balaban J connectivity index is 1.67. The Morgan fingerprint density at radius 3 is 3.00 bits per heavy atom. The van der Waals surface area contributed by atoms with Gasteiger partial charge in [-0.3, -0.25) is 4.79 Å². The van der Waals surface area contributed by atoms with Crippen molar-refractivity contribution in [2.75, 3.05) is 30.3 Å². The predicted octanol–water partition coefficient (Wildman–Crippen LogP) is 1.18. The Morgan fingerprint density at radius 1 is 1.57 bits per heavy atom. The topological polar surface area (TPSA) is 97.3 Å². The molecule has 1 saturated carbocycles. The quantitative estimate of drug-likeness (QED) is 0.776. The van der Waals surface area contributed by atoms with Crippen LogP contribution >= 0.6 is 11.3 Å². The number of piperidine rings is 1. The zero-order chi connectivity index (χ0) is 15.0. The first-order chi connectivity index (χ1) is 9.97. The van der Waals surface area contributed by atoms with Gasteiger partial charge in [-0.1, -0.05) is 18.3 Å². The van der Waals surface area contributed by atoms with E-state index in [0.29, 0.717) is 17.2 Å². The first-order valence-corrected chi connectivity index (χ1v) is 8.33. The van der Waals surface area contributed by atoms with Gasteiger partial charge in [0.1, 0.15) is 10.7 Å². The Hall–Kier alpha value is -1.34. The molecular weight excluding hydrogens is 286 g/mol. The van der Waals surface area contributed by atoms with Gasteiger partial charge in [0.15, 0.2) is 5.13 Å². The first kappa shape index (κ1) is 14.6. The zero-order valence-corrected chi connectivity index (χ0v) is 13.2. The highest BCUT2D eigenvalue weighted by molar-refractivity contribution is 7.18. The highest BCUT2D eigenvalue weighted by Crippen LogP contribution is 2.44. The van der Waals surface area contributed by atoms with Crippen LogP contribution in [0, 0.1) is 5.41 Å². The van der Waals surface area contributed by atoms with Crippen LogP contribution in [-0.4, -0.2) is 36.6 Å². The fraction of sp³-hybridized carbons (Fsp3) is 0.714. The number of rotatable bonds is 4. The molecule has 21 heavy (non-hydrogen) atoms. The number of amides is 1. The molecule has 1 aromatic rings. The number of anilines is 2. The Kier molecular flexibility index (Phi) is 3.79. The van der Waals surface area contributed by atoms with Crippen molar-refractivity contribution >= 4 is 28.2 Å². The van der Waals surface area contributed by atoms with Crippen LogP contribution in [0.4, 0.5) is 10.9 Å². The second-order valence-electron chi connectivity index (χ2n) is 6.55. The lowest BCUT2D eigenvalue weighted by molar-refractivity contribution is 0.0951. The first-order valence-electron chi connectivity index (χ1n) is 7.52. The summed E-state index contributed by atoms with van der Waals surface area (Å²) in [7, 11) is 0. The smallest absolute Gasteiger partial charge is 0.265 e. The lowest BCUT2D eigenvalue weighted by Crippen LogP contribution is -2.42. The molecule has 1 amide bonds. The van der Waals surface area contributed by atoms with E-state index < -0.39 is 0 Å². The normalized spacial score (nSPS) is 23.9. The van der Waals surface area contributed by atoms with Gasteiger partial charge >= 0.3 is 0 Å². The van der Waals surface area contributed by atoms with Crippen LogP contribution in [0.2, 0.25) is 0 Å². The van der Waals surface area contributed by atoms with Gasteiger partial charge in [-0.05, 0) is 31.1 Å². The number of nitrogens with two attached hydrogens (primary N) is 2. The maximum atomic E-state index is 12.2. The van der Waals surface area contributed by atoms with E-state index in [2.05, 4.69) is 22.1 Å². The monoisotopic (exact) mass is 309 g/mol. The van der Waals surface area contributed by atoms with Gasteiger partial charge in [-0.25, -0.2) is 4.98 Å². The van der Waals surface area contributed by atoms with E-state index in [-0.39, 0.29) is 17.4 Å². The zero-order valence-electron chi connectivity index (χ0n) is 12.4. The molecule has 1 aliphatic heterocycles. The summed E-state index contributed by atoms with van der Waals surface area (Å²) in [4.78, 5) is 19.2. The molecule has 3 rings (SSSR count). The van der Waals surface area contributed by atoms with Crippen LogP contribution < -0.4 is 21.7 Å². The van der Waals surface area contributed by atoms with Crippen molar-refractivity contribution in [3.8, 4) is 0 Å². The molecule has 6 nitrogen and oxygen atoms in total. The standard InChI is InChI=1S/C14H23N5OS/c1-14(4-5-14)8-17-12(20)10-11(16)18-13(21-10)19-6-2-3-9(15)7-19/h9H,2-8,15-16H2,1H3,(H,17,20). The fourth-order valence-electron chi connectivity index (χ4n) is 2.57. The van der Waals surface area contributed by atoms with E-state index in [1.165, 1.54) is 24.2 Å². The molecule has 2 aliphatic rings. The number of aromatic nitrogens is 1. The number of thiazole rings is 1. The molecule has 1 aliphatic carbocycles. The molecule has 0 radical (unpaired) electrons. The molecule has 1 aromatic heterocycles. The number of nitrogens with zero attached hydrogens (tertiary/aromatic N) is 2. The molecule has 0 aromatic carbocycles. The van der Waals surface area contributed by atoms with Gasteiger partial charge in [-0.15, -0.1) is 0 Å². The van der Waals surface area contributed by atoms with Crippen LogP contribution in [0.25, 0.3) is 0 Å². The van der Waals surface area contributed by atoms with E-state index in [4.69, 9.17) is 11.5 Å². The molecule has 1 unspecified atom stereocenters. The minimum absolute atomic E-state index is 0.106. The van der Waals surface area contributed by atoms with E-state index in [1.54, 1.807) is 0 Å². The largest absolute Gasteiger partial charge is 0.382 e. The molecule has 2 heterocycles. The molecule has 5 N–H and O–H groups in total. The van der Waals surface area contributed by atoms with Crippen molar-refractivity contribution < 1.29 is 4.79 Å². The summed E-state index contributed by atoms with van der Waals surface area (Å²) >= 11 is 1.37. The van der Waals surface area contributed by atoms with E-state index in [9.17, 15) is 4.79 Å². The molecule has 2 fully saturated rings. The highest BCUT2D eigenvalue weighted by Gasteiger charge is 2.37. The van der Waals surface area contributed by atoms with Gasteiger partial charge in [0.25, 0.3) is 5.91 Å². The van der Waals surface area contributed by atoms with Gasteiger partial charge in [0.2, 0.25) is 0 Å². The Labute approximate surface area is 128 Å². The van der Waals surface area contributed by atoms with Crippen molar-refractivity contribution in [3.05, 3.63) is 4.88 Å². The third-order valence-electron chi connectivity index (χ3n) is 4.36. The summed E-state index contributed by atoms with van der Waals surface area (Å²) in [5, 5.41) is 3.79. The summed E-state index contributed by atoms with van der Waals surface area (Å²) < 4.78 is 0. The predicted molar refractivity (Wildman–Crippen MR) is 85.6 cm³/mol. The average molecular weight is 309 g/mol. The maximum absolute atomic E-state index is 12.2. The average Bonchev–Trinajstić information content (AvgIpc) is 3.06. The third-order valence-corrected chi connectivity index (χ3v) is 5.49. The molecule has 1 atom stereocenters. The molecule has 1 saturated heterocycles. The lowest BCUT2D eigenvalue weighted by atomic mass is 10.1. The minimum Gasteiger partial charge on any atom is -0.382 e. The van der Waals surface area contributed by atoms with E-state index in [1.807, 2.05) is 0 Å². The number of nitrogen functional groups attached to an aromatic ring is 1.